The molecule has 3 aromatic rings. The van der Waals surface area contributed by atoms with Crippen LogP contribution in [0.4, 0.5) is 0 Å². The fourth-order valence-corrected chi connectivity index (χ4v) is 2.22. The number of carbonyl (C=O) groups excluding carboxylic acids is 1. The van der Waals surface area contributed by atoms with Crippen LogP contribution in [0.2, 0.25) is 5.02 Å². The number of hydrogen-bond acceptors (Lipinski definition) is 2. The molecule has 1 aromatic carbocycles. The highest BCUT2D eigenvalue weighted by atomic mass is 35.5. The number of aryl methyl sites for hydroxylation is 1. The predicted molar refractivity (Wildman–Crippen MR) is 77.8 cm³/mol. The Morgan fingerprint density at radius 1 is 1.35 bits per heavy atom. The standard InChI is InChI=1S/C14H13ClN4O/c1-8-4-11(19-18-8)7-16-14(20)13-5-9-2-3-10(15)6-12(9)17-13/h2-6,17H,7H2,1H3,(H,16,20)(H,18,19). The third kappa shape index (κ3) is 2.53. The summed E-state index contributed by atoms with van der Waals surface area (Å²) >= 11 is 5.92. The molecule has 0 aliphatic rings. The fraction of sp³-hybridized carbons (Fsp3) is 0.143. The number of halogens is 1. The van der Waals surface area contributed by atoms with Crippen LogP contribution in [0.3, 0.4) is 0 Å². The van der Waals surface area contributed by atoms with Gasteiger partial charge in [0.1, 0.15) is 5.69 Å². The molecular weight excluding hydrogens is 276 g/mol. The Labute approximate surface area is 120 Å². The number of carbonyl (C=O) groups is 1. The van der Waals surface area contributed by atoms with E-state index >= 15 is 0 Å². The second-order valence-electron chi connectivity index (χ2n) is 4.64. The lowest BCUT2D eigenvalue weighted by atomic mass is 10.2. The molecule has 0 radical (unpaired) electrons. The van der Waals surface area contributed by atoms with Crippen LogP contribution < -0.4 is 5.32 Å². The van der Waals surface area contributed by atoms with Crippen LogP contribution in [-0.2, 0) is 6.54 Å². The highest BCUT2D eigenvalue weighted by molar-refractivity contribution is 6.31. The van der Waals surface area contributed by atoms with E-state index in [1.165, 1.54) is 0 Å². The van der Waals surface area contributed by atoms with Gasteiger partial charge in [0.15, 0.2) is 0 Å². The Morgan fingerprint density at radius 2 is 2.20 bits per heavy atom. The largest absolute Gasteiger partial charge is 0.350 e. The minimum atomic E-state index is -0.169. The maximum Gasteiger partial charge on any atom is 0.268 e. The lowest BCUT2D eigenvalue weighted by Crippen LogP contribution is -2.23. The van der Waals surface area contributed by atoms with Gasteiger partial charge in [-0.3, -0.25) is 9.89 Å². The van der Waals surface area contributed by atoms with Crippen molar-refractivity contribution >= 4 is 28.4 Å². The predicted octanol–water partition coefficient (Wildman–Crippen LogP) is 2.78. The number of benzene rings is 1. The fourth-order valence-electron chi connectivity index (χ4n) is 2.05. The van der Waals surface area contributed by atoms with Crippen LogP contribution in [0, 0.1) is 6.92 Å². The van der Waals surface area contributed by atoms with Gasteiger partial charge in [-0.15, -0.1) is 0 Å². The Balaban J connectivity index is 1.75. The van der Waals surface area contributed by atoms with Crippen molar-refractivity contribution in [2.24, 2.45) is 0 Å². The lowest BCUT2D eigenvalue weighted by molar-refractivity contribution is 0.0946. The lowest BCUT2D eigenvalue weighted by Gasteiger charge is -2.00. The van der Waals surface area contributed by atoms with Gasteiger partial charge in [-0.25, -0.2) is 0 Å². The minimum absolute atomic E-state index is 0.169. The van der Waals surface area contributed by atoms with E-state index in [1.807, 2.05) is 19.1 Å². The summed E-state index contributed by atoms with van der Waals surface area (Å²) in [5.41, 5.74) is 3.12. The molecule has 0 spiro atoms. The van der Waals surface area contributed by atoms with E-state index in [-0.39, 0.29) is 5.91 Å². The van der Waals surface area contributed by atoms with Gasteiger partial charge < -0.3 is 10.3 Å². The zero-order valence-electron chi connectivity index (χ0n) is 10.8. The smallest absolute Gasteiger partial charge is 0.268 e. The molecule has 2 heterocycles. The first-order valence-corrected chi connectivity index (χ1v) is 6.57. The minimum Gasteiger partial charge on any atom is -0.350 e. The van der Waals surface area contributed by atoms with Crippen molar-refractivity contribution in [2.75, 3.05) is 0 Å². The summed E-state index contributed by atoms with van der Waals surface area (Å²) in [6, 6.07) is 9.17. The van der Waals surface area contributed by atoms with Gasteiger partial charge in [-0.1, -0.05) is 17.7 Å². The molecule has 6 heteroatoms. The number of nitrogens with zero attached hydrogens (tertiary/aromatic N) is 1. The van der Waals surface area contributed by atoms with Crippen molar-refractivity contribution < 1.29 is 4.79 Å². The average Bonchev–Trinajstić information content (AvgIpc) is 3.01. The van der Waals surface area contributed by atoms with Gasteiger partial charge in [0.25, 0.3) is 5.91 Å². The summed E-state index contributed by atoms with van der Waals surface area (Å²) in [7, 11) is 0. The maximum absolute atomic E-state index is 12.1. The van der Waals surface area contributed by atoms with Crippen molar-refractivity contribution in [1.29, 1.82) is 0 Å². The van der Waals surface area contributed by atoms with Crippen LogP contribution in [0.5, 0.6) is 0 Å². The number of amides is 1. The Bertz CT molecular complexity index is 774. The molecule has 0 aliphatic carbocycles. The summed E-state index contributed by atoms with van der Waals surface area (Å²) in [6.07, 6.45) is 0. The number of hydrogen-bond donors (Lipinski definition) is 3. The SMILES string of the molecule is Cc1cc(CNC(=O)c2cc3ccc(Cl)cc3[nH]2)n[nH]1. The molecule has 0 saturated heterocycles. The third-order valence-corrected chi connectivity index (χ3v) is 3.25. The second kappa shape index (κ2) is 5.02. The van der Waals surface area contributed by atoms with Gasteiger partial charge in [0, 0.05) is 21.6 Å². The molecule has 3 rings (SSSR count). The normalized spacial score (nSPS) is 10.9. The van der Waals surface area contributed by atoms with Crippen molar-refractivity contribution in [2.45, 2.75) is 13.5 Å². The number of aromatic nitrogens is 3. The number of fused-ring (bicyclic) bond motifs is 1. The van der Waals surface area contributed by atoms with Crippen LogP contribution >= 0.6 is 11.6 Å². The van der Waals surface area contributed by atoms with Gasteiger partial charge in [0.2, 0.25) is 0 Å². The number of aromatic amines is 2. The van der Waals surface area contributed by atoms with E-state index in [2.05, 4.69) is 20.5 Å². The molecule has 3 N–H and O–H groups in total. The molecule has 5 nitrogen and oxygen atoms in total. The summed E-state index contributed by atoms with van der Waals surface area (Å²) in [6.45, 7) is 2.30. The topological polar surface area (TPSA) is 73.6 Å². The molecule has 2 aromatic heterocycles. The Kier molecular flexibility index (Phi) is 3.20. The molecule has 0 saturated carbocycles. The third-order valence-electron chi connectivity index (χ3n) is 3.02. The summed E-state index contributed by atoms with van der Waals surface area (Å²) < 4.78 is 0. The van der Waals surface area contributed by atoms with E-state index in [0.717, 1.165) is 22.3 Å². The molecule has 0 aliphatic heterocycles. The number of rotatable bonds is 3. The van der Waals surface area contributed by atoms with E-state index in [4.69, 9.17) is 11.6 Å². The molecule has 0 bridgehead atoms. The summed E-state index contributed by atoms with van der Waals surface area (Å²) in [5.74, 6) is -0.169. The van der Waals surface area contributed by atoms with E-state index < -0.39 is 0 Å². The van der Waals surface area contributed by atoms with Gasteiger partial charge in [-0.05, 0) is 31.2 Å². The summed E-state index contributed by atoms with van der Waals surface area (Å²) in [4.78, 5) is 15.1. The van der Waals surface area contributed by atoms with Gasteiger partial charge >= 0.3 is 0 Å². The first-order valence-electron chi connectivity index (χ1n) is 6.19. The molecule has 20 heavy (non-hydrogen) atoms. The zero-order valence-corrected chi connectivity index (χ0v) is 11.6. The first-order chi connectivity index (χ1) is 9.61. The van der Waals surface area contributed by atoms with Crippen molar-refractivity contribution in [3.8, 4) is 0 Å². The van der Waals surface area contributed by atoms with E-state index in [1.54, 1.807) is 18.2 Å². The first kappa shape index (κ1) is 12.7. The van der Waals surface area contributed by atoms with Crippen molar-refractivity contribution in [3.05, 3.63) is 52.4 Å². The summed E-state index contributed by atoms with van der Waals surface area (Å²) in [5, 5.41) is 11.3. The van der Waals surface area contributed by atoms with Crippen LogP contribution in [-0.4, -0.2) is 21.1 Å². The number of H-pyrrole nitrogens is 2. The van der Waals surface area contributed by atoms with Crippen molar-refractivity contribution in [1.82, 2.24) is 20.5 Å². The Morgan fingerprint density at radius 3 is 2.95 bits per heavy atom. The van der Waals surface area contributed by atoms with Crippen LogP contribution in [0.15, 0.2) is 30.3 Å². The molecule has 0 atom stereocenters. The molecule has 0 fully saturated rings. The van der Waals surface area contributed by atoms with Crippen molar-refractivity contribution in [3.63, 3.8) is 0 Å². The highest BCUT2D eigenvalue weighted by Crippen LogP contribution is 2.19. The molecular formula is C14H13ClN4O. The highest BCUT2D eigenvalue weighted by Gasteiger charge is 2.10. The Hall–Kier alpha value is -2.27. The van der Waals surface area contributed by atoms with Crippen LogP contribution in [0.1, 0.15) is 21.9 Å². The van der Waals surface area contributed by atoms with E-state index in [9.17, 15) is 4.79 Å². The molecule has 1 amide bonds. The monoisotopic (exact) mass is 288 g/mol. The van der Waals surface area contributed by atoms with Crippen LogP contribution in [0.25, 0.3) is 10.9 Å². The van der Waals surface area contributed by atoms with Gasteiger partial charge in [0.05, 0.1) is 12.2 Å². The zero-order chi connectivity index (χ0) is 14.1. The maximum atomic E-state index is 12.1. The average molecular weight is 289 g/mol. The molecule has 0 unspecified atom stereocenters. The second-order valence-corrected chi connectivity index (χ2v) is 5.08. The number of nitrogens with one attached hydrogen (secondary N) is 3. The van der Waals surface area contributed by atoms with Gasteiger partial charge in [-0.2, -0.15) is 5.10 Å². The van der Waals surface area contributed by atoms with E-state index in [0.29, 0.717) is 17.3 Å². The molecule has 102 valence electrons. The quantitative estimate of drug-likeness (QED) is 0.693.